The number of rotatable bonds is 8. The van der Waals surface area contributed by atoms with Crippen molar-refractivity contribution in [3.8, 4) is 0 Å². The van der Waals surface area contributed by atoms with Crippen LogP contribution in [0.25, 0.3) is 0 Å². The van der Waals surface area contributed by atoms with Gasteiger partial charge in [-0.1, -0.05) is 66.7 Å². The lowest BCUT2D eigenvalue weighted by Gasteiger charge is -2.49. The molecule has 0 spiro atoms. The van der Waals surface area contributed by atoms with Gasteiger partial charge in [0, 0.05) is 24.1 Å². The van der Waals surface area contributed by atoms with E-state index in [1.165, 1.54) is 16.7 Å². The first kappa shape index (κ1) is 32.1. The number of amides is 3. The van der Waals surface area contributed by atoms with Gasteiger partial charge >= 0.3 is 12.1 Å². The SMILES string of the molecule is CC(C)(C)OC(=O)N[C@@H]1C(=O)N2C(C(=O)OC(c3ccccc3)c3ccccc3)=C(/C=C3\CCN(Cc4ccccn4)C3=O)CS[C@H]12. The summed E-state index contributed by atoms with van der Waals surface area (Å²) >= 11 is 1.40. The molecular weight excluding hydrogens is 616 g/mol. The molecule has 2 atom stereocenters. The van der Waals surface area contributed by atoms with E-state index in [1.54, 1.807) is 37.9 Å². The molecule has 2 fully saturated rings. The third-order valence-corrected chi connectivity index (χ3v) is 9.24. The Morgan fingerprint density at radius 1 is 1.00 bits per heavy atom. The number of allylic oxidation sites excluding steroid dienone is 1. The molecule has 11 heteroatoms. The fourth-order valence-electron chi connectivity index (χ4n) is 5.77. The molecule has 3 aliphatic heterocycles. The van der Waals surface area contributed by atoms with Gasteiger partial charge in [0.25, 0.3) is 5.91 Å². The second-order valence-electron chi connectivity index (χ2n) is 12.5. The Labute approximate surface area is 277 Å². The Morgan fingerprint density at radius 2 is 1.66 bits per heavy atom. The van der Waals surface area contributed by atoms with Crippen LogP contribution < -0.4 is 5.32 Å². The molecule has 0 unspecified atom stereocenters. The minimum absolute atomic E-state index is 0.0707. The number of ether oxygens (including phenoxy) is 2. The predicted octanol–water partition coefficient (Wildman–Crippen LogP) is 5.14. The van der Waals surface area contributed by atoms with E-state index in [0.29, 0.717) is 36.4 Å². The monoisotopic (exact) mass is 652 g/mol. The zero-order valence-corrected chi connectivity index (χ0v) is 27.2. The molecule has 6 rings (SSSR count). The Balaban J connectivity index is 1.32. The number of likely N-dealkylation sites (tertiary alicyclic amines) is 1. The fourth-order valence-corrected chi connectivity index (χ4v) is 7.08. The fraction of sp³-hybridized carbons (Fsp3) is 0.306. The average molecular weight is 653 g/mol. The third-order valence-electron chi connectivity index (χ3n) is 7.93. The average Bonchev–Trinajstić information content (AvgIpc) is 3.40. The lowest BCUT2D eigenvalue weighted by Crippen LogP contribution is -2.70. The first-order valence-electron chi connectivity index (χ1n) is 15.5. The molecular formula is C36H36N4O6S. The maximum Gasteiger partial charge on any atom is 0.408 e. The number of pyridine rings is 1. The number of carbonyl (C=O) groups excluding carboxylic acids is 4. The molecule has 2 saturated heterocycles. The van der Waals surface area contributed by atoms with Gasteiger partial charge in [-0.15, -0.1) is 11.8 Å². The summed E-state index contributed by atoms with van der Waals surface area (Å²) in [5.74, 6) is -0.973. The number of hydrogen-bond acceptors (Lipinski definition) is 8. The van der Waals surface area contributed by atoms with E-state index in [0.717, 1.165) is 16.8 Å². The van der Waals surface area contributed by atoms with Crippen molar-refractivity contribution in [2.24, 2.45) is 0 Å². The lowest BCUT2D eigenvalue weighted by molar-refractivity contribution is -0.153. The number of aromatic nitrogens is 1. The van der Waals surface area contributed by atoms with Crippen molar-refractivity contribution in [3.63, 3.8) is 0 Å². The molecule has 4 heterocycles. The number of thioether (sulfide) groups is 1. The Kier molecular flexibility index (Phi) is 9.17. The maximum atomic E-state index is 14.3. The van der Waals surface area contributed by atoms with Crippen molar-refractivity contribution < 1.29 is 28.7 Å². The molecule has 10 nitrogen and oxygen atoms in total. The molecule has 47 heavy (non-hydrogen) atoms. The number of hydrogen-bond donors (Lipinski definition) is 1. The molecule has 0 bridgehead atoms. The summed E-state index contributed by atoms with van der Waals surface area (Å²) in [5.41, 5.74) is 2.70. The zero-order valence-electron chi connectivity index (χ0n) is 26.4. The largest absolute Gasteiger partial charge is 0.448 e. The van der Waals surface area contributed by atoms with E-state index >= 15 is 0 Å². The first-order chi connectivity index (χ1) is 22.6. The molecule has 0 aliphatic carbocycles. The smallest absolute Gasteiger partial charge is 0.408 e. The quantitative estimate of drug-likeness (QED) is 0.202. The van der Waals surface area contributed by atoms with Gasteiger partial charge in [-0.2, -0.15) is 0 Å². The number of alkyl carbamates (subject to hydrolysis) is 1. The molecule has 2 aromatic carbocycles. The van der Waals surface area contributed by atoms with Crippen LogP contribution in [0.15, 0.2) is 108 Å². The number of nitrogens with one attached hydrogen (secondary N) is 1. The number of β-lactam (4-membered cyclic amide) rings is 1. The van der Waals surface area contributed by atoms with Crippen LogP contribution >= 0.6 is 11.8 Å². The summed E-state index contributed by atoms with van der Waals surface area (Å²) in [6.45, 7) is 6.11. The number of fused-ring (bicyclic) bond motifs is 1. The lowest BCUT2D eigenvalue weighted by atomic mass is 10.00. The second kappa shape index (κ2) is 13.4. The van der Waals surface area contributed by atoms with E-state index in [1.807, 2.05) is 78.9 Å². The Morgan fingerprint density at radius 3 is 2.28 bits per heavy atom. The highest BCUT2D eigenvalue weighted by molar-refractivity contribution is 8.00. The number of esters is 1. The molecule has 3 aromatic rings. The van der Waals surface area contributed by atoms with E-state index in [-0.39, 0.29) is 11.6 Å². The van der Waals surface area contributed by atoms with Crippen LogP contribution in [0.4, 0.5) is 4.79 Å². The van der Waals surface area contributed by atoms with Crippen LogP contribution in [0.2, 0.25) is 0 Å². The van der Waals surface area contributed by atoms with Gasteiger partial charge in [0.15, 0.2) is 6.10 Å². The van der Waals surface area contributed by atoms with Crippen LogP contribution in [0, 0.1) is 0 Å². The van der Waals surface area contributed by atoms with Crippen molar-refractivity contribution in [2.75, 3.05) is 12.3 Å². The molecule has 0 radical (unpaired) electrons. The topological polar surface area (TPSA) is 118 Å². The zero-order chi connectivity index (χ0) is 33.1. The molecule has 242 valence electrons. The van der Waals surface area contributed by atoms with Crippen molar-refractivity contribution in [2.45, 2.75) is 56.9 Å². The van der Waals surface area contributed by atoms with Gasteiger partial charge in [-0.3, -0.25) is 19.5 Å². The van der Waals surface area contributed by atoms with Crippen LogP contribution in [-0.4, -0.2) is 68.0 Å². The van der Waals surface area contributed by atoms with Crippen molar-refractivity contribution in [3.05, 3.63) is 125 Å². The van der Waals surface area contributed by atoms with Crippen LogP contribution in [-0.2, 0) is 30.4 Å². The summed E-state index contributed by atoms with van der Waals surface area (Å²) in [5, 5.41) is 2.12. The summed E-state index contributed by atoms with van der Waals surface area (Å²) in [6, 6.07) is 23.5. The van der Waals surface area contributed by atoms with Gasteiger partial charge in [-0.25, -0.2) is 9.59 Å². The number of carbonyl (C=O) groups is 4. The van der Waals surface area contributed by atoms with Gasteiger partial charge < -0.3 is 19.7 Å². The summed E-state index contributed by atoms with van der Waals surface area (Å²) in [7, 11) is 0. The summed E-state index contributed by atoms with van der Waals surface area (Å²) < 4.78 is 11.6. The van der Waals surface area contributed by atoms with Crippen LogP contribution in [0.1, 0.15) is 50.1 Å². The standard InChI is InChI=1S/C36H36N4O6S/c1-36(2,3)46-35(44)38-28-32(42)40-29(34(43)45-30(23-12-6-4-7-13-23)24-14-8-5-9-15-24)26(22-47-33(28)40)20-25-17-19-39(31(25)41)21-27-16-10-11-18-37-27/h4-16,18,20,28,30,33H,17,19,21-22H2,1-3H3,(H,38,44)/b25-20+/t28-,33-/m1/s1. The van der Waals surface area contributed by atoms with E-state index < -0.39 is 41.1 Å². The van der Waals surface area contributed by atoms with Crippen LogP contribution in [0.3, 0.4) is 0 Å². The molecule has 1 N–H and O–H groups in total. The second-order valence-corrected chi connectivity index (χ2v) is 13.6. The van der Waals surface area contributed by atoms with Crippen LogP contribution in [0.5, 0.6) is 0 Å². The Hall–Kier alpha value is -4.90. The van der Waals surface area contributed by atoms with Crippen molar-refractivity contribution in [1.82, 2.24) is 20.1 Å². The third kappa shape index (κ3) is 7.10. The highest BCUT2D eigenvalue weighted by Gasteiger charge is 2.55. The van der Waals surface area contributed by atoms with Crippen molar-refractivity contribution in [1.29, 1.82) is 0 Å². The number of benzene rings is 2. The minimum atomic E-state index is -0.882. The highest BCUT2D eigenvalue weighted by atomic mass is 32.2. The van der Waals surface area contributed by atoms with E-state index in [2.05, 4.69) is 10.3 Å². The first-order valence-corrected chi connectivity index (χ1v) is 16.5. The van der Waals surface area contributed by atoms with Crippen molar-refractivity contribution >= 4 is 35.6 Å². The number of nitrogens with zero attached hydrogens (tertiary/aromatic N) is 3. The predicted molar refractivity (Wildman–Crippen MR) is 176 cm³/mol. The van der Waals surface area contributed by atoms with E-state index in [4.69, 9.17) is 9.47 Å². The van der Waals surface area contributed by atoms with E-state index in [9.17, 15) is 19.2 Å². The molecule has 0 saturated carbocycles. The van der Waals surface area contributed by atoms with Gasteiger partial charge in [-0.05, 0) is 62.1 Å². The van der Waals surface area contributed by atoms with Gasteiger partial charge in [0.1, 0.15) is 22.7 Å². The van der Waals surface area contributed by atoms with Gasteiger partial charge in [0.05, 0.1) is 12.2 Å². The van der Waals surface area contributed by atoms with Gasteiger partial charge in [0.2, 0.25) is 5.91 Å². The highest BCUT2D eigenvalue weighted by Crippen LogP contribution is 2.42. The Bertz CT molecular complexity index is 1680. The molecule has 1 aromatic heterocycles. The molecule has 3 amide bonds. The maximum absolute atomic E-state index is 14.3. The summed E-state index contributed by atoms with van der Waals surface area (Å²) in [4.78, 5) is 61.4. The minimum Gasteiger partial charge on any atom is -0.448 e. The molecule has 3 aliphatic rings. The normalized spacial score (nSPS) is 20.3. The summed E-state index contributed by atoms with van der Waals surface area (Å²) in [6.07, 6.45) is 2.45.